The van der Waals surface area contributed by atoms with E-state index in [1.807, 2.05) is 0 Å². The van der Waals surface area contributed by atoms with Crippen LogP contribution in [0.2, 0.25) is 5.02 Å². The van der Waals surface area contributed by atoms with Crippen LogP contribution >= 0.6 is 11.6 Å². The number of nitro groups is 1. The molecule has 25 heavy (non-hydrogen) atoms. The van der Waals surface area contributed by atoms with E-state index in [2.05, 4.69) is 10.1 Å². The Morgan fingerprint density at radius 3 is 2.88 bits per heavy atom. The van der Waals surface area contributed by atoms with Gasteiger partial charge in [0.1, 0.15) is 6.04 Å². The van der Waals surface area contributed by atoms with E-state index in [1.165, 1.54) is 18.2 Å². The summed E-state index contributed by atoms with van der Waals surface area (Å²) in [5, 5.41) is 15.2. The quantitative estimate of drug-likeness (QED) is 0.609. The first kappa shape index (κ1) is 16.0. The van der Waals surface area contributed by atoms with E-state index in [9.17, 15) is 14.9 Å². The highest BCUT2D eigenvalue weighted by Crippen LogP contribution is 2.40. The van der Waals surface area contributed by atoms with Gasteiger partial charge in [-0.1, -0.05) is 16.8 Å². The Hall–Kier alpha value is -2.48. The lowest BCUT2D eigenvalue weighted by Gasteiger charge is -2.22. The number of carbonyl (C=O) groups is 1. The predicted octanol–water partition coefficient (Wildman–Crippen LogP) is 3.49. The fourth-order valence-corrected chi connectivity index (χ4v) is 3.30. The van der Waals surface area contributed by atoms with Crippen LogP contribution in [0.25, 0.3) is 0 Å². The van der Waals surface area contributed by atoms with Crippen LogP contribution in [-0.2, 0) is 0 Å². The zero-order valence-electron chi connectivity index (χ0n) is 13.2. The molecule has 1 aromatic carbocycles. The highest BCUT2D eigenvalue weighted by atomic mass is 35.5. The third-order valence-electron chi connectivity index (χ3n) is 4.59. The molecule has 0 bridgehead atoms. The molecule has 2 aliphatic rings. The third kappa shape index (κ3) is 2.97. The molecule has 1 aliphatic heterocycles. The number of non-ortho nitro benzene ring substituents is 1. The van der Waals surface area contributed by atoms with E-state index < -0.39 is 4.92 Å². The van der Waals surface area contributed by atoms with Crippen LogP contribution in [0.4, 0.5) is 5.69 Å². The van der Waals surface area contributed by atoms with Gasteiger partial charge in [0, 0.05) is 24.6 Å². The van der Waals surface area contributed by atoms with E-state index in [0.29, 0.717) is 30.6 Å². The molecule has 1 saturated heterocycles. The Morgan fingerprint density at radius 1 is 1.36 bits per heavy atom. The molecule has 2 fully saturated rings. The molecule has 8 nitrogen and oxygen atoms in total. The summed E-state index contributed by atoms with van der Waals surface area (Å²) in [6.07, 6.45) is 3.64. The van der Waals surface area contributed by atoms with Crippen molar-refractivity contribution in [1.29, 1.82) is 0 Å². The largest absolute Gasteiger partial charge is 0.337 e. The van der Waals surface area contributed by atoms with Crippen molar-refractivity contribution in [3.8, 4) is 0 Å². The molecule has 1 aliphatic carbocycles. The molecule has 1 aromatic heterocycles. The molecule has 2 heterocycles. The molecule has 0 radical (unpaired) electrons. The van der Waals surface area contributed by atoms with E-state index >= 15 is 0 Å². The third-order valence-corrected chi connectivity index (χ3v) is 4.92. The van der Waals surface area contributed by atoms with Crippen molar-refractivity contribution < 1.29 is 14.2 Å². The summed E-state index contributed by atoms with van der Waals surface area (Å²) in [5.41, 5.74) is -0.0537. The first-order chi connectivity index (χ1) is 12.0. The average molecular weight is 363 g/mol. The minimum Gasteiger partial charge on any atom is -0.337 e. The molecule has 0 spiro atoms. The Balaban J connectivity index is 1.62. The Bertz CT molecular complexity index is 848. The second kappa shape index (κ2) is 6.11. The van der Waals surface area contributed by atoms with Crippen molar-refractivity contribution in [1.82, 2.24) is 15.0 Å². The van der Waals surface area contributed by atoms with Crippen LogP contribution in [0.1, 0.15) is 59.7 Å². The number of hydrogen-bond donors (Lipinski definition) is 0. The molecule has 1 atom stereocenters. The Kier molecular flexibility index (Phi) is 3.91. The van der Waals surface area contributed by atoms with E-state index in [4.69, 9.17) is 16.1 Å². The number of halogens is 1. The highest BCUT2D eigenvalue weighted by Gasteiger charge is 2.37. The SMILES string of the molecule is O=C(c1cc([N+](=O)[O-])ccc1Cl)N1CCCC1c1nc(C2CC2)no1. The van der Waals surface area contributed by atoms with Gasteiger partial charge in [0.05, 0.1) is 15.5 Å². The van der Waals surface area contributed by atoms with Gasteiger partial charge in [-0.2, -0.15) is 4.98 Å². The lowest BCUT2D eigenvalue weighted by molar-refractivity contribution is -0.384. The Morgan fingerprint density at radius 2 is 2.16 bits per heavy atom. The number of nitro benzene ring substituents is 1. The van der Waals surface area contributed by atoms with Crippen LogP contribution in [0.3, 0.4) is 0 Å². The van der Waals surface area contributed by atoms with Gasteiger partial charge in [0.15, 0.2) is 5.82 Å². The normalized spacial score (nSPS) is 20.0. The van der Waals surface area contributed by atoms with Gasteiger partial charge in [0.25, 0.3) is 11.6 Å². The summed E-state index contributed by atoms with van der Waals surface area (Å²) in [5.74, 6) is 1.13. The molecule has 0 N–H and O–H groups in total. The smallest absolute Gasteiger partial charge is 0.270 e. The lowest BCUT2D eigenvalue weighted by atomic mass is 10.1. The van der Waals surface area contributed by atoms with Crippen LogP contribution in [0, 0.1) is 10.1 Å². The summed E-state index contributed by atoms with van der Waals surface area (Å²) in [7, 11) is 0. The maximum absolute atomic E-state index is 12.9. The standard InChI is InChI=1S/C16H15ClN4O4/c17-12-6-5-10(21(23)24)8-11(12)16(22)20-7-1-2-13(20)15-18-14(19-25-15)9-3-4-9/h5-6,8-9,13H,1-4,7H2. The van der Waals surface area contributed by atoms with Gasteiger partial charge in [-0.15, -0.1) is 0 Å². The number of nitrogens with zero attached hydrogens (tertiary/aromatic N) is 4. The minimum atomic E-state index is -0.547. The number of aromatic nitrogens is 2. The molecule has 1 saturated carbocycles. The topological polar surface area (TPSA) is 102 Å². The maximum atomic E-state index is 12.9. The van der Waals surface area contributed by atoms with Crippen molar-refractivity contribution in [2.75, 3.05) is 6.54 Å². The number of rotatable bonds is 4. The fraction of sp³-hybridized carbons (Fsp3) is 0.438. The zero-order valence-corrected chi connectivity index (χ0v) is 14.0. The number of likely N-dealkylation sites (tertiary alicyclic amines) is 1. The average Bonchev–Trinajstić information content (AvgIpc) is 3.13. The summed E-state index contributed by atoms with van der Waals surface area (Å²) < 4.78 is 5.36. The first-order valence-corrected chi connectivity index (χ1v) is 8.51. The van der Waals surface area contributed by atoms with Crippen molar-refractivity contribution in [3.05, 3.63) is 50.6 Å². The zero-order chi connectivity index (χ0) is 17.6. The predicted molar refractivity (Wildman–Crippen MR) is 87.4 cm³/mol. The van der Waals surface area contributed by atoms with Gasteiger partial charge >= 0.3 is 0 Å². The van der Waals surface area contributed by atoms with Crippen LogP contribution < -0.4 is 0 Å². The van der Waals surface area contributed by atoms with Gasteiger partial charge < -0.3 is 9.42 Å². The molecule has 130 valence electrons. The monoisotopic (exact) mass is 362 g/mol. The summed E-state index contributed by atoms with van der Waals surface area (Å²) in [6.45, 7) is 0.518. The van der Waals surface area contributed by atoms with Crippen LogP contribution in [0.15, 0.2) is 22.7 Å². The van der Waals surface area contributed by atoms with Crippen molar-refractivity contribution in [2.45, 2.75) is 37.6 Å². The lowest BCUT2D eigenvalue weighted by Crippen LogP contribution is -2.31. The fourth-order valence-electron chi connectivity index (χ4n) is 3.10. The van der Waals surface area contributed by atoms with Crippen molar-refractivity contribution in [2.24, 2.45) is 0 Å². The van der Waals surface area contributed by atoms with E-state index in [1.54, 1.807) is 4.90 Å². The molecular weight excluding hydrogens is 348 g/mol. The van der Waals surface area contributed by atoms with Crippen LogP contribution in [0.5, 0.6) is 0 Å². The van der Waals surface area contributed by atoms with Crippen LogP contribution in [-0.4, -0.2) is 32.4 Å². The molecule has 2 aromatic rings. The maximum Gasteiger partial charge on any atom is 0.270 e. The second-order valence-electron chi connectivity index (χ2n) is 6.34. The second-order valence-corrected chi connectivity index (χ2v) is 6.75. The number of hydrogen-bond acceptors (Lipinski definition) is 6. The van der Waals surface area contributed by atoms with E-state index in [0.717, 1.165) is 19.3 Å². The molecule has 1 unspecified atom stereocenters. The molecule has 1 amide bonds. The number of amides is 1. The van der Waals surface area contributed by atoms with Gasteiger partial charge in [-0.05, 0) is 31.7 Å². The first-order valence-electron chi connectivity index (χ1n) is 8.13. The summed E-state index contributed by atoms with van der Waals surface area (Å²) >= 11 is 6.10. The van der Waals surface area contributed by atoms with E-state index in [-0.39, 0.29) is 28.2 Å². The minimum absolute atomic E-state index is 0.115. The summed E-state index contributed by atoms with van der Waals surface area (Å²) in [6, 6.07) is 3.54. The van der Waals surface area contributed by atoms with Crippen molar-refractivity contribution >= 4 is 23.2 Å². The molecular formula is C16H15ClN4O4. The number of carbonyl (C=O) groups excluding carboxylic acids is 1. The summed E-state index contributed by atoms with van der Waals surface area (Å²) in [4.78, 5) is 29.4. The van der Waals surface area contributed by atoms with Gasteiger partial charge in [0.2, 0.25) is 5.89 Å². The highest BCUT2D eigenvalue weighted by molar-refractivity contribution is 6.34. The van der Waals surface area contributed by atoms with Crippen molar-refractivity contribution in [3.63, 3.8) is 0 Å². The number of benzene rings is 1. The molecule has 4 rings (SSSR count). The Labute approximate surface area is 147 Å². The van der Waals surface area contributed by atoms with Gasteiger partial charge in [-0.25, -0.2) is 0 Å². The van der Waals surface area contributed by atoms with Gasteiger partial charge in [-0.3, -0.25) is 14.9 Å². The molecule has 9 heteroatoms.